The van der Waals surface area contributed by atoms with Crippen molar-refractivity contribution in [2.45, 2.75) is 13.8 Å². The van der Waals surface area contributed by atoms with Crippen molar-refractivity contribution in [2.24, 2.45) is 0 Å². The van der Waals surface area contributed by atoms with Crippen molar-refractivity contribution in [1.82, 2.24) is 9.38 Å². The Bertz CT molecular complexity index is 1560. The minimum Gasteiger partial charge on any atom is -0.493 e. The number of amides is 1. The highest BCUT2D eigenvalue weighted by atomic mass is 16.5. The number of nitriles is 1. The van der Waals surface area contributed by atoms with Gasteiger partial charge in [0.25, 0.3) is 11.5 Å². The molecule has 2 aromatic heterocycles. The Hall–Kier alpha value is -4.90. The number of aromatic nitrogens is 2. The maximum Gasteiger partial charge on any atom is 0.269 e. The third-order valence-electron chi connectivity index (χ3n) is 5.25. The smallest absolute Gasteiger partial charge is 0.269 e. The van der Waals surface area contributed by atoms with Crippen molar-refractivity contribution in [3.63, 3.8) is 0 Å². The van der Waals surface area contributed by atoms with Gasteiger partial charge in [0.2, 0.25) is 5.88 Å². The fourth-order valence-corrected chi connectivity index (χ4v) is 3.51. The largest absolute Gasteiger partial charge is 0.493 e. The van der Waals surface area contributed by atoms with Crippen molar-refractivity contribution in [3.05, 3.63) is 99.5 Å². The zero-order valence-electron chi connectivity index (χ0n) is 19.4. The quantitative estimate of drug-likeness (QED) is 0.327. The molecule has 2 heterocycles. The van der Waals surface area contributed by atoms with Crippen LogP contribution in [0.2, 0.25) is 0 Å². The minimum atomic E-state index is -0.657. The van der Waals surface area contributed by atoms with Crippen LogP contribution < -0.4 is 20.3 Å². The first-order chi connectivity index (χ1) is 16.9. The van der Waals surface area contributed by atoms with Crippen LogP contribution in [-0.2, 0) is 4.79 Å². The average molecular weight is 466 g/mol. The second kappa shape index (κ2) is 9.93. The molecule has 4 aromatic rings. The highest BCUT2D eigenvalue weighted by molar-refractivity contribution is 6.09. The van der Waals surface area contributed by atoms with E-state index in [0.717, 1.165) is 11.1 Å². The van der Waals surface area contributed by atoms with Crippen LogP contribution in [0.3, 0.4) is 0 Å². The fraction of sp³-hybridized carbons (Fsp3) is 0.111. The molecule has 0 aliphatic rings. The summed E-state index contributed by atoms with van der Waals surface area (Å²) in [7, 11) is 1.50. The van der Waals surface area contributed by atoms with Gasteiger partial charge in [-0.25, -0.2) is 0 Å². The number of benzene rings is 2. The molecule has 0 aliphatic carbocycles. The van der Waals surface area contributed by atoms with Crippen molar-refractivity contribution >= 4 is 23.3 Å². The lowest BCUT2D eigenvalue weighted by atomic mass is 10.1. The van der Waals surface area contributed by atoms with E-state index in [0.29, 0.717) is 22.8 Å². The van der Waals surface area contributed by atoms with Crippen LogP contribution in [0, 0.1) is 25.2 Å². The summed E-state index contributed by atoms with van der Waals surface area (Å²) < 4.78 is 12.7. The lowest BCUT2D eigenvalue weighted by Crippen LogP contribution is -2.20. The fourth-order valence-electron chi connectivity index (χ4n) is 3.51. The number of ether oxygens (including phenoxy) is 2. The summed E-state index contributed by atoms with van der Waals surface area (Å²) in [5, 5.41) is 12.4. The van der Waals surface area contributed by atoms with Crippen LogP contribution in [0.25, 0.3) is 11.7 Å². The molecule has 0 bridgehead atoms. The van der Waals surface area contributed by atoms with Gasteiger partial charge in [0, 0.05) is 11.9 Å². The van der Waals surface area contributed by atoms with Crippen molar-refractivity contribution in [2.75, 3.05) is 12.4 Å². The molecule has 8 nitrogen and oxygen atoms in total. The highest BCUT2D eigenvalue weighted by Gasteiger charge is 2.19. The molecule has 0 radical (unpaired) electrons. The van der Waals surface area contributed by atoms with Gasteiger partial charge in [-0.1, -0.05) is 30.3 Å². The lowest BCUT2D eigenvalue weighted by Gasteiger charge is -2.13. The van der Waals surface area contributed by atoms with E-state index in [1.165, 1.54) is 17.6 Å². The maximum absolute atomic E-state index is 13.4. The number of carbonyl (C=O) groups is 1. The van der Waals surface area contributed by atoms with Crippen LogP contribution in [0.15, 0.2) is 77.2 Å². The number of hydrogen-bond acceptors (Lipinski definition) is 6. The Labute approximate surface area is 201 Å². The van der Waals surface area contributed by atoms with Gasteiger partial charge in [-0.15, -0.1) is 0 Å². The van der Waals surface area contributed by atoms with Gasteiger partial charge in [0.15, 0.2) is 11.5 Å². The molecule has 0 fully saturated rings. The number of rotatable bonds is 6. The third-order valence-corrected chi connectivity index (χ3v) is 5.25. The van der Waals surface area contributed by atoms with Crippen molar-refractivity contribution in [1.29, 1.82) is 5.26 Å². The van der Waals surface area contributed by atoms with E-state index in [1.54, 1.807) is 54.7 Å². The number of methoxy groups -OCH3 is 1. The Balaban J connectivity index is 1.85. The van der Waals surface area contributed by atoms with Gasteiger partial charge in [0.1, 0.15) is 22.9 Å². The van der Waals surface area contributed by atoms with Gasteiger partial charge < -0.3 is 14.8 Å². The topological polar surface area (TPSA) is 106 Å². The standard InChI is InChI=1S/C27H22N4O4/c1-17-8-6-10-20(14-17)29-25(32)19(16-28)15-21-26(35-23-12-5-4-11-22(23)34-3)30-24-18(2)9-7-13-31(24)27(21)33/h4-15H,1-3H3,(H,29,32)/b19-15-. The monoisotopic (exact) mass is 466 g/mol. The molecule has 8 heteroatoms. The van der Waals surface area contributed by atoms with E-state index in [4.69, 9.17) is 9.47 Å². The molecule has 0 atom stereocenters. The molecular formula is C27H22N4O4. The second-order valence-corrected chi connectivity index (χ2v) is 7.77. The molecule has 0 saturated heterocycles. The number of pyridine rings is 1. The Morgan fingerprint density at radius 2 is 1.86 bits per heavy atom. The number of nitrogens with one attached hydrogen (secondary N) is 1. The number of nitrogens with zero attached hydrogens (tertiary/aromatic N) is 3. The van der Waals surface area contributed by atoms with Crippen LogP contribution in [0.4, 0.5) is 5.69 Å². The average Bonchev–Trinajstić information content (AvgIpc) is 2.85. The zero-order chi connectivity index (χ0) is 24.9. The van der Waals surface area contributed by atoms with Gasteiger partial charge in [-0.3, -0.25) is 14.0 Å². The molecule has 1 N–H and O–H groups in total. The number of hydrogen-bond donors (Lipinski definition) is 1. The number of fused-ring (bicyclic) bond motifs is 1. The summed E-state index contributed by atoms with van der Waals surface area (Å²) in [6.07, 6.45) is 2.76. The number of aryl methyl sites for hydroxylation is 2. The van der Waals surface area contributed by atoms with E-state index in [-0.39, 0.29) is 17.0 Å². The lowest BCUT2D eigenvalue weighted by molar-refractivity contribution is -0.112. The van der Waals surface area contributed by atoms with Crippen molar-refractivity contribution in [3.8, 4) is 23.4 Å². The van der Waals surface area contributed by atoms with Gasteiger partial charge in [0.05, 0.1) is 7.11 Å². The Morgan fingerprint density at radius 3 is 2.57 bits per heavy atom. The van der Waals surface area contributed by atoms with Crippen molar-refractivity contribution < 1.29 is 14.3 Å². The van der Waals surface area contributed by atoms with E-state index in [2.05, 4.69) is 10.3 Å². The van der Waals surface area contributed by atoms with Crippen LogP contribution in [-0.4, -0.2) is 22.4 Å². The third kappa shape index (κ3) is 4.89. The second-order valence-electron chi connectivity index (χ2n) is 7.77. The number of para-hydroxylation sites is 2. The van der Waals surface area contributed by atoms with Crippen LogP contribution in [0.5, 0.6) is 17.4 Å². The van der Waals surface area contributed by atoms with Crippen LogP contribution in [0.1, 0.15) is 16.7 Å². The summed E-state index contributed by atoms with van der Waals surface area (Å²) >= 11 is 0. The summed E-state index contributed by atoms with van der Waals surface area (Å²) in [4.78, 5) is 30.9. The normalized spacial score (nSPS) is 11.1. The summed E-state index contributed by atoms with van der Waals surface area (Å²) in [5.74, 6) is 0.0594. The van der Waals surface area contributed by atoms with E-state index < -0.39 is 11.5 Å². The Morgan fingerprint density at radius 1 is 1.09 bits per heavy atom. The van der Waals surface area contributed by atoms with Gasteiger partial charge >= 0.3 is 0 Å². The van der Waals surface area contributed by atoms with Crippen LogP contribution >= 0.6 is 0 Å². The number of anilines is 1. The molecule has 1 amide bonds. The minimum absolute atomic E-state index is 0.0463. The van der Waals surface area contributed by atoms with Gasteiger partial charge in [-0.05, 0) is 61.4 Å². The molecule has 4 rings (SSSR count). The van der Waals surface area contributed by atoms with E-state index in [9.17, 15) is 14.9 Å². The van der Waals surface area contributed by atoms with E-state index >= 15 is 0 Å². The molecule has 2 aromatic carbocycles. The SMILES string of the molecule is COc1ccccc1Oc1nc2c(C)cccn2c(=O)c1/C=C(/C#N)C(=O)Nc1cccc(C)c1. The first kappa shape index (κ1) is 23.3. The molecule has 35 heavy (non-hydrogen) atoms. The molecular weight excluding hydrogens is 444 g/mol. The summed E-state index contributed by atoms with van der Waals surface area (Å²) in [5.41, 5.74) is 1.82. The predicted molar refractivity (Wildman–Crippen MR) is 133 cm³/mol. The molecule has 0 spiro atoms. The predicted octanol–water partition coefficient (Wildman–Crippen LogP) is 4.66. The van der Waals surface area contributed by atoms with E-state index in [1.807, 2.05) is 32.0 Å². The number of carbonyl (C=O) groups excluding carboxylic acids is 1. The first-order valence-electron chi connectivity index (χ1n) is 10.7. The zero-order valence-corrected chi connectivity index (χ0v) is 19.4. The summed E-state index contributed by atoms with van der Waals surface area (Å²) in [6.45, 7) is 3.71. The van der Waals surface area contributed by atoms with Gasteiger partial charge in [-0.2, -0.15) is 10.2 Å². The molecule has 0 aliphatic heterocycles. The molecule has 0 unspecified atom stereocenters. The molecule has 0 saturated carbocycles. The maximum atomic E-state index is 13.4. The Kier molecular flexibility index (Phi) is 6.60. The molecule has 174 valence electrons. The summed E-state index contributed by atoms with van der Waals surface area (Å²) in [6, 6.07) is 19.5. The highest BCUT2D eigenvalue weighted by Crippen LogP contribution is 2.32. The first-order valence-corrected chi connectivity index (χ1v) is 10.7.